The molecule has 0 aliphatic carbocycles. The third kappa shape index (κ3) is 3.20. The fourth-order valence-electron chi connectivity index (χ4n) is 2.53. The van der Waals surface area contributed by atoms with Gasteiger partial charge in [-0.3, -0.25) is 14.1 Å². The summed E-state index contributed by atoms with van der Waals surface area (Å²) in [5.74, 6) is -0.695. The number of benzene rings is 2. The third-order valence-corrected chi connectivity index (χ3v) is 5.17. The standard InChI is InChI=1S/C17H16N2O5S/c1-3-19-15-8-7-14(10-16(15)24-17(19)21)25(22,23)18-13-6-4-5-12(9-13)11(2)20/h4-10,18H,3H2,1-2H3. The van der Waals surface area contributed by atoms with Crippen LogP contribution in [-0.4, -0.2) is 18.8 Å². The third-order valence-electron chi connectivity index (χ3n) is 3.79. The lowest BCUT2D eigenvalue weighted by molar-refractivity contribution is 0.101. The number of aromatic nitrogens is 1. The molecule has 0 bridgehead atoms. The number of hydrogen-bond acceptors (Lipinski definition) is 5. The summed E-state index contributed by atoms with van der Waals surface area (Å²) in [6, 6.07) is 10.5. The van der Waals surface area contributed by atoms with Gasteiger partial charge in [-0.2, -0.15) is 0 Å². The lowest BCUT2D eigenvalue weighted by Crippen LogP contribution is -2.13. The van der Waals surface area contributed by atoms with Crippen LogP contribution in [0, 0.1) is 0 Å². The maximum Gasteiger partial charge on any atom is 0.419 e. The molecule has 7 nitrogen and oxygen atoms in total. The summed E-state index contributed by atoms with van der Waals surface area (Å²) in [5.41, 5.74) is 1.42. The zero-order valence-electron chi connectivity index (χ0n) is 13.6. The Morgan fingerprint density at radius 2 is 1.96 bits per heavy atom. The van der Waals surface area contributed by atoms with Crippen molar-refractivity contribution in [2.24, 2.45) is 0 Å². The molecule has 0 saturated carbocycles. The van der Waals surface area contributed by atoms with Gasteiger partial charge in [-0.05, 0) is 38.1 Å². The predicted molar refractivity (Wildman–Crippen MR) is 93.4 cm³/mol. The van der Waals surface area contributed by atoms with Crippen molar-refractivity contribution in [3.05, 3.63) is 58.6 Å². The molecule has 0 atom stereocenters. The number of sulfonamides is 1. The van der Waals surface area contributed by atoms with Gasteiger partial charge < -0.3 is 4.42 Å². The first-order valence-electron chi connectivity index (χ1n) is 7.59. The number of nitrogens with zero attached hydrogens (tertiary/aromatic N) is 1. The van der Waals surface area contributed by atoms with Gasteiger partial charge in [0.15, 0.2) is 11.4 Å². The van der Waals surface area contributed by atoms with Crippen molar-refractivity contribution in [1.82, 2.24) is 4.57 Å². The van der Waals surface area contributed by atoms with Gasteiger partial charge in [-0.25, -0.2) is 13.2 Å². The van der Waals surface area contributed by atoms with Crippen LogP contribution >= 0.6 is 0 Å². The molecule has 1 N–H and O–H groups in total. The summed E-state index contributed by atoms with van der Waals surface area (Å²) >= 11 is 0. The second kappa shape index (κ2) is 6.21. The lowest BCUT2D eigenvalue weighted by atomic mass is 10.1. The number of aryl methyl sites for hydroxylation is 1. The topological polar surface area (TPSA) is 98.4 Å². The first-order chi connectivity index (χ1) is 11.8. The van der Waals surface area contributed by atoms with Crippen LogP contribution in [0.15, 0.2) is 56.6 Å². The number of hydrogen-bond donors (Lipinski definition) is 1. The number of Topliss-reactive ketones (excluding diaryl/α,β-unsaturated/α-hetero) is 1. The minimum Gasteiger partial charge on any atom is -0.408 e. The molecule has 1 heterocycles. The SMILES string of the molecule is CCn1c(=O)oc2cc(S(=O)(=O)Nc3cccc(C(C)=O)c3)ccc21. The number of fused-ring (bicyclic) bond motifs is 1. The van der Waals surface area contributed by atoms with E-state index in [9.17, 15) is 18.0 Å². The van der Waals surface area contributed by atoms with Crippen LogP contribution in [0.3, 0.4) is 0 Å². The van der Waals surface area contributed by atoms with E-state index in [1.807, 2.05) is 0 Å². The van der Waals surface area contributed by atoms with E-state index in [0.717, 1.165) is 0 Å². The Morgan fingerprint density at radius 1 is 1.20 bits per heavy atom. The van der Waals surface area contributed by atoms with Gasteiger partial charge in [-0.15, -0.1) is 0 Å². The molecular formula is C17H16N2O5S. The first kappa shape index (κ1) is 17.0. The predicted octanol–water partition coefficient (Wildman–Crippen LogP) is 2.62. The summed E-state index contributed by atoms with van der Waals surface area (Å²) in [7, 11) is -3.89. The lowest BCUT2D eigenvalue weighted by Gasteiger charge is -2.09. The molecule has 0 spiro atoms. The Kier molecular flexibility index (Phi) is 4.22. The number of nitrogens with one attached hydrogen (secondary N) is 1. The molecule has 8 heteroatoms. The normalized spacial score (nSPS) is 11.6. The zero-order chi connectivity index (χ0) is 18.2. The number of anilines is 1. The maximum absolute atomic E-state index is 12.6. The maximum atomic E-state index is 12.6. The summed E-state index contributed by atoms with van der Waals surface area (Å²) < 4.78 is 34.1. The van der Waals surface area contributed by atoms with Gasteiger partial charge in [0.25, 0.3) is 10.0 Å². The molecule has 0 aliphatic heterocycles. The van der Waals surface area contributed by atoms with E-state index in [-0.39, 0.29) is 21.9 Å². The minimum absolute atomic E-state index is 0.0368. The van der Waals surface area contributed by atoms with Crippen LogP contribution in [0.25, 0.3) is 11.1 Å². The van der Waals surface area contributed by atoms with Crippen molar-refractivity contribution >= 4 is 32.6 Å². The van der Waals surface area contributed by atoms with Crippen molar-refractivity contribution < 1.29 is 17.6 Å². The van der Waals surface area contributed by atoms with E-state index < -0.39 is 15.8 Å². The van der Waals surface area contributed by atoms with E-state index in [1.165, 1.54) is 35.8 Å². The Morgan fingerprint density at radius 3 is 2.64 bits per heavy atom. The van der Waals surface area contributed by atoms with Crippen LogP contribution in [0.2, 0.25) is 0 Å². The van der Waals surface area contributed by atoms with Crippen LogP contribution in [0.4, 0.5) is 5.69 Å². The second-order valence-electron chi connectivity index (χ2n) is 5.48. The molecule has 1 aromatic heterocycles. The van der Waals surface area contributed by atoms with Gasteiger partial charge in [0.2, 0.25) is 0 Å². The molecule has 0 saturated heterocycles. The smallest absolute Gasteiger partial charge is 0.408 e. The van der Waals surface area contributed by atoms with Crippen molar-refractivity contribution in [2.45, 2.75) is 25.3 Å². The highest BCUT2D eigenvalue weighted by Crippen LogP contribution is 2.21. The summed E-state index contributed by atoms with van der Waals surface area (Å²) in [6.45, 7) is 3.63. The van der Waals surface area contributed by atoms with Crippen molar-refractivity contribution in [1.29, 1.82) is 0 Å². The van der Waals surface area contributed by atoms with Crippen LogP contribution in [-0.2, 0) is 16.6 Å². The van der Waals surface area contributed by atoms with Crippen molar-refractivity contribution in [3.8, 4) is 0 Å². The molecule has 3 rings (SSSR count). The average Bonchev–Trinajstić information content (AvgIpc) is 2.88. The van der Waals surface area contributed by atoms with Gasteiger partial charge >= 0.3 is 5.76 Å². The quantitative estimate of drug-likeness (QED) is 0.705. The highest BCUT2D eigenvalue weighted by atomic mass is 32.2. The van der Waals surface area contributed by atoms with Crippen LogP contribution in [0.5, 0.6) is 0 Å². The van der Waals surface area contributed by atoms with Gasteiger partial charge in [0, 0.05) is 23.9 Å². The van der Waals surface area contributed by atoms with Crippen molar-refractivity contribution in [3.63, 3.8) is 0 Å². The molecular weight excluding hydrogens is 344 g/mol. The molecule has 0 amide bonds. The van der Waals surface area contributed by atoms with E-state index in [1.54, 1.807) is 25.1 Å². The van der Waals surface area contributed by atoms with Crippen LogP contribution in [0.1, 0.15) is 24.2 Å². The van der Waals surface area contributed by atoms with E-state index in [4.69, 9.17) is 4.42 Å². The largest absolute Gasteiger partial charge is 0.419 e. The molecule has 0 unspecified atom stereocenters. The van der Waals surface area contributed by atoms with Crippen LogP contribution < -0.4 is 10.5 Å². The highest BCUT2D eigenvalue weighted by Gasteiger charge is 2.18. The van der Waals surface area contributed by atoms with Gasteiger partial charge in [0.1, 0.15) is 0 Å². The second-order valence-corrected chi connectivity index (χ2v) is 7.17. The summed E-state index contributed by atoms with van der Waals surface area (Å²) in [5, 5.41) is 0. The van der Waals surface area contributed by atoms with E-state index >= 15 is 0 Å². The molecule has 0 aliphatic rings. The average molecular weight is 360 g/mol. The molecule has 0 radical (unpaired) electrons. The number of carbonyl (C=O) groups excluding carboxylic acids is 1. The molecule has 130 valence electrons. The number of ketones is 1. The Bertz CT molecular complexity index is 1130. The van der Waals surface area contributed by atoms with Crippen molar-refractivity contribution in [2.75, 3.05) is 4.72 Å². The van der Waals surface area contributed by atoms with Gasteiger partial charge in [-0.1, -0.05) is 12.1 Å². The molecule has 25 heavy (non-hydrogen) atoms. The number of carbonyl (C=O) groups is 1. The van der Waals surface area contributed by atoms with Gasteiger partial charge in [0.05, 0.1) is 10.4 Å². The number of oxazole rings is 1. The zero-order valence-corrected chi connectivity index (χ0v) is 14.5. The summed E-state index contributed by atoms with van der Waals surface area (Å²) in [6.07, 6.45) is 0. The highest BCUT2D eigenvalue weighted by molar-refractivity contribution is 7.92. The molecule has 0 fully saturated rings. The minimum atomic E-state index is -3.89. The Balaban J connectivity index is 2.00. The fourth-order valence-corrected chi connectivity index (χ4v) is 3.59. The summed E-state index contributed by atoms with van der Waals surface area (Å²) in [4.78, 5) is 23.1. The monoisotopic (exact) mass is 360 g/mol. The van der Waals surface area contributed by atoms with E-state index in [2.05, 4.69) is 4.72 Å². The number of rotatable bonds is 5. The Labute approximate surface area is 143 Å². The first-order valence-corrected chi connectivity index (χ1v) is 9.07. The Hall–Kier alpha value is -2.87. The molecule has 2 aromatic carbocycles. The van der Waals surface area contributed by atoms with E-state index in [0.29, 0.717) is 17.6 Å². The fraction of sp³-hybridized carbons (Fsp3) is 0.176. The molecule has 3 aromatic rings.